The number of nitrogens with one attached hydrogen (secondary N) is 1. The van der Waals surface area contributed by atoms with Crippen LogP contribution in [-0.2, 0) is 14.4 Å². The summed E-state index contributed by atoms with van der Waals surface area (Å²) in [6, 6.07) is 3.54. The molecule has 27 heavy (non-hydrogen) atoms. The lowest BCUT2D eigenvalue weighted by Crippen LogP contribution is -2.47. The number of fused-ring (bicyclic) bond motifs is 1. The van der Waals surface area contributed by atoms with Crippen molar-refractivity contribution >= 4 is 35.7 Å². The van der Waals surface area contributed by atoms with E-state index in [1.165, 1.54) is 6.07 Å². The fraction of sp³-hybridized carbons (Fsp3) is 0.389. The number of aliphatic carboxylic acids is 1. The number of hydrogen-bond acceptors (Lipinski definition) is 6. The second kappa shape index (κ2) is 8.93. The number of carboxylic acids is 1. The van der Waals surface area contributed by atoms with Crippen LogP contribution in [0, 0.1) is 0 Å². The van der Waals surface area contributed by atoms with E-state index < -0.39 is 29.7 Å². The maximum absolute atomic E-state index is 12.8. The van der Waals surface area contributed by atoms with Gasteiger partial charge >= 0.3 is 5.97 Å². The average molecular weight is 375 g/mol. The number of nitrogens with two attached hydrogens (primary N) is 1. The molecule has 0 saturated carbocycles. The van der Waals surface area contributed by atoms with Crippen molar-refractivity contribution in [1.82, 2.24) is 4.90 Å². The van der Waals surface area contributed by atoms with Crippen LogP contribution in [0.15, 0.2) is 18.2 Å². The fourth-order valence-electron chi connectivity index (χ4n) is 2.98. The van der Waals surface area contributed by atoms with E-state index in [1.807, 2.05) is 0 Å². The predicted octanol–water partition coefficient (Wildman–Crippen LogP) is 0.782. The number of carboxylic acid groups (broad SMARTS) is 1. The maximum atomic E-state index is 12.8. The second-order valence-electron chi connectivity index (χ2n) is 6.15. The first-order chi connectivity index (χ1) is 12.9. The van der Waals surface area contributed by atoms with Gasteiger partial charge in [-0.25, -0.2) is 0 Å². The largest absolute Gasteiger partial charge is 0.481 e. The summed E-state index contributed by atoms with van der Waals surface area (Å²) < 4.78 is 0. The van der Waals surface area contributed by atoms with Crippen LogP contribution >= 0.6 is 0 Å². The Morgan fingerprint density at radius 3 is 2.59 bits per heavy atom. The number of primary amides is 1. The normalized spacial score (nSPS) is 14.0. The van der Waals surface area contributed by atoms with E-state index in [0.717, 1.165) is 4.90 Å². The van der Waals surface area contributed by atoms with Gasteiger partial charge in [-0.15, -0.1) is 0 Å². The number of imide groups is 1. The molecular weight excluding hydrogens is 354 g/mol. The summed E-state index contributed by atoms with van der Waals surface area (Å²) in [6.45, 7) is 0.426. The number of carbonyl (C=O) groups excluding carboxylic acids is 4. The summed E-state index contributed by atoms with van der Waals surface area (Å²) in [5, 5.41) is 11.7. The first-order valence-electron chi connectivity index (χ1n) is 8.58. The third-order valence-corrected chi connectivity index (χ3v) is 4.28. The number of anilines is 1. The topological polar surface area (TPSA) is 147 Å². The van der Waals surface area contributed by atoms with E-state index in [-0.39, 0.29) is 30.4 Å². The Morgan fingerprint density at radius 1 is 1.22 bits per heavy atom. The van der Waals surface area contributed by atoms with E-state index in [1.54, 1.807) is 12.1 Å². The lowest BCUT2D eigenvalue weighted by molar-refractivity contribution is -0.137. The van der Waals surface area contributed by atoms with Crippen LogP contribution in [0.25, 0.3) is 0 Å². The van der Waals surface area contributed by atoms with E-state index in [0.29, 0.717) is 31.4 Å². The average Bonchev–Trinajstić information content (AvgIpc) is 2.87. The van der Waals surface area contributed by atoms with Crippen LogP contribution in [0.3, 0.4) is 0 Å². The third kappa shape index (κ3) is 4.49. The summed E-state index contributed by atoms with van der Waals surface area (Å²) in [6.07, 6.45) is 1.67. The molecule has 144 valence electrons. The summed E-state index contributed by atoms with van der Waals surface area (Å²) in [5.41, 5.74) is 6.07. The van der Waals surface area contributed by atoms with Gasteiger partial charge in [0.1, 0.15) is 12.3 Å². The van der Waals surface area contributed by atoms with Crippen molar-refractivity contribution in [2.75, 3.05) is 11.9 Å². The van der Waals surface area contributed by atoms with Crippen molar-refractivity contribution in [3.05, 3.63) is 29.3 Å². The molecule has 1 aromatic carbocycles. The number of benzene rings is 1. The molecule has 1 unspecified atom stereocenters. The van der Waals surface area contributed by atoms with Gasteiger partial charge in [0.2, 0.25) is 5.91 Å². The van der Waals surface area contributed by atoms with Gasteiger partial charge in [0.15, 0.2) is 0 Å². The molecule has 4 N–H and O–H groups in total. The number of nitrogens with zero attached hydrogens (tertiary/aromatic N) is 1. The van der Waals surface area contributed by atoms with Crippen molar-refractivity contribution in [2.45, 2.75) is 38.1 Å². The Bertz CT molecular complexity index is 776. The SMILES string of the molecule is NC(=O)C(CCC=O)N1C(=O)c2cccc(NCCCCC(=O)O)c2C1=O. The second-order valence-corrected chi connectivity index (χ2v) is 6.15. The zero-order chi connectivity index (χ0) is 20.0. The third-order valence-electron chi connectivity index (χ3n) is 4.28. The van der Waals surface area contributed by atoms with Crippen molar-refractivity contribution in [1.29, 1.82) is 0 Å². The smallest absolute Gasteiger partial charge is 0.303 e. The lowest BCUT2D eigenvalue weighted by atomic mass is 10.1. The number of carbonyl (C=O) groups is 5. The molecule has 0 radical (unpaired) electrons. The van der Waals surface area contributed by atoms with Crippen molar-refractivity contribution in [2.24, 2.45) is 5.73 Å². The molecule has 2 rings (SSSR count). The number of rotatable bonds is 11. The molecule has 1 aliphatic heterocycles. The van der Waals surface area contributed by atoms with Gasteiger partial charge in [-0.3, -0.25) is 24.1 Å². The first-order valence-corrected chi connectivity index (χ1v) is 8.58. The molecule has 1 atom stereocenters. The van der Waals surface area contributed by atoms with Crippen LogP contribution < -0.4 is 11.1 Å². The Kier molecular flexibility index (Phi) is 6.64. The monoisotopic (exact) mass is 375 g/mol. The van der Waals surface area contributed by atoms with Crippen LogP contribution in [0.4, 0.5) is 5.69 Å². The zero-order valence-electron chi connectivity index (χ0n) is 14.6. The van der Waals surface area contributed by atoms with Crippen molar-refractivity contribution in [3.63, 3.8) is 0 Å². The first kappa shape index (κ1) is 20.1. The molecule has 0 aromatic heterocycles. The molecule has 9 heteroatoms. The molecule has 0 fully saturated rings. The van der Waals surface area contributed by atoms with Gasteiger partial charge in [-0.2, -0.15) is 0 Å². The minimum atomic E-state index is -1.19. The molecule has 1 heterocycles. The summed E-state index contributed by atoms with van der Waals surface area (Å²) in [7, 11) is 0. The van der Waals surface area contributed by atoms with E-state index in [9.17, 15) is 24.0 Å². The maximum Gasteiger partial charge on any atom is 0.303 e. The highest BCUT2D eigenvalue weighted by molar-refractivity contribution is 6.25. The number of unbranched alkanes of at least 4 members (excludes halogenated alkanes) is 1. The van der Waals surface area contributed by atoms with Crippen LogP contribution in [-0.4, -0.2) is 52.6 Å². The van der Waals surface area contributed by atoms with Gasteiger partial charge in [0, 0.05) is 25.1 Å². The molecule has 0 bridgehead atoms. The van der Waals surface area contributed by atoms with E-state index in [2.05, 4.69) is 5.32 Å². The molecule has 0 saturated heterocycles. The molecule has 9 nitrogen and oxygen atoms in total. The Morgan fingerprint density at radius 2 is 1.96 bits per heavy atom. The molecular formula is C18H21N3O6. The highest BCUT2D eigenvalue weighted by Crippen LogP contribution is 2.31. The Labute approximate surface area is 155 Å². The molecule has 0 aliphatic carbocycles. The predicted molar refractivity (Wildman–Crippen MR) is 95.2 cm³/mol. The van der Waals surface area contributed by atoms with E-state index in [4.69, 9.17) is 10.8 Å². The van der Waals surface area contributed by atoms with Crippen molar-refractivity contribution in [3.8, 4) is 0 Å². The van der Waals surface area contributed by atoms with Gasteiger partial charge in [-0.05, 0) is 31.4 Å². The van der Waals surface area contributed by atoms with Crippen molar-refractivity contribution < 1.29 is 29.1 Å². The Balaban J connectivity index is 2.18. The highest BCUT2D eigenvalue weighted by Gasteiger charge is 2.43. The minimum Gasteiger partial charge on any atom is -0.481 e. The number of aldehydes is 1. The summed E-state index contributed by atoms with van der Waals surface area (Å²) >= 11 is 0. The number of amides is 3. The molecule has 1 aromatic rings. The number of hydrogen-bond donors (Lipinski definition) is 3. The quantitative estimate of drug-likeness (QED) is 0.294. The van der Waals surface area contributed by atoms with Crippen LogP contribution in [0.5, 0.6) is 0 Å². The Hall–Kier alpha value is -3.23. The molecule has 3 amide bonds. The zero-order valence-corrected chi connectivity index (χ0v) is 14.6. The van der Waals surface area contributed by atoms with Crippen LogP contribution in [0.1, 0.15) is 52.8 Å². The van der Waals surface area contributed by atoms with E-state index >= 15 is 0 Å². The summed E-state index contributed by atoms with van der Waals surface area (Å²) in [5.74, 6) is -2.99. The van der Waals surface area contributed by atoms with Gasteiger partial charge < -0.3 is 21.0 Å². The highest BCUT2D eigenvalue weighted by atomic mass is 16.4. The standard InChI is InChI=1S/C18H21N3O6/c19-16(25)13(7-4-10-22)21-17(26)11-5-3-6-12(15(11)18(21)27)20-9-2-1-8-14(23)24/h3,5-6,10,13,20H,1-2,4,7-9H2,(H2,19,25)(H,23,24). The molecule has 0 spiro atoms. The molecule has 1 aliphatic rings. The van der Waals surface area contributed by atoms with Crippen LogP contribution in [0.2, 0.25) is 0 Å². The van der Waals surface area contributed by atoms with Gasteiger partial charge in [0.05, 0.1) is 11.1 Å². The van der Waals surface area contributed by atoms with Gasteiger partial charge in [-0.1, -0.05) is 6.07 Å². The fourth-order valence-corrected chi connectivity index (χ4v) is 2.98. The summed E-state index contributed by atoms with van der Waals surface area (Å²) in [4.78, 5) is 59.1. The lowest BCUT2D eigenvalue weighted by Gasteiger charge is -2.22. The van der Waals surface area contributed by atoms with Gasteiger partial charge in [0.25, 0.3) is 11.8 Å². The minimum absolute atomic E-state index is 0.00427.